The zero-order valence-corrected chi connectivity index (χ0v) is 11.8. The molecule has 2 heterocycles. The molecule has 5 nitrogen and oxygen atoms in total. The Hall–Kier alpha value is -2.53. The van der Waals surface area contributed by atoms with Crippen molar-refractivity contribution in [2.45, 2.75) is 13.5 Å². The van der Waals surface area contributed by atoms with Crippen molar-refractivity contribution in [3.05, 3.63) is 54.4 Å². The Labute approximate surface area is 123 Å². The number of aromatic nitrogens is 3. The summed E-state index contributed by atoms with van der Waals surface area (Å²) in [5, 5.41) is 12.4. The molecule has 3 aromatic rings. The van der Waals surface area contributed by atoms with Crippen molar-refractivity contribution in [1.29, 1.82) is 0 Å². The Morgan fingerprint density at radius 3 is 2.81 bits per heavy atom. The van der Waals surface area contributed by atoms with Crippen molar-refractivity contribution in [1.82, 2.24) is 20.5 Å². The lowest BCUT2D eigenvalue weighted by molar-refractivity contribution is 0.458. The van der Waals surface area contributed by atoms with E-state index >= 15 is 0 Å². The third kappa shape index (κ3) is 3.14. The summed E-state index contributed by atoms with van der Waals surface area (Å²) in [5.74, 6) is 1.21. The predicted molar refractivity (Wildman–Crippen MR) is 81.2 cm³/mol. The third-order valence-corrected chi connectivity index (χ3v) is 3.07. The third-order valence-electron chi connectivity index (χ3n) is 3.07. The zero-order chi connectivity index (χ0) is 14.5. The summed E-state index contributed by atoms with van der Waals surface area (Å²) in [6, 6.07) is 13.4. The van der Waals surface area contributed by atoms with Gasteiger partial charge in [0.05, 0.1) is 11.2 Å². The first-order valence-electron chi connectivity index (χ1n) is 6.92. The Morgan fingerprint density at radius 2 is 2.00 bits per heavy atom. The second-order valence-electron chi connectivity index (χ2n) is 4.57. The van der Waals surface area contributed by atoms with Gasteiger partial charge in [-0.1, -0.05) is 13.0 Å². The monoisotopic (exact) mass is 280 g/mol. The summed E-state index contributed by atoms with van der Waals surface area (Å²) in [6.07, 6.45) is 1.77. The van der Waals surface area contributed by atoms with Crippen LogP contribution in [0.25, 0.3) is 10.9 Å². The van der Waals surface area contributed by atoms with Gasteiger partial charge in [0, 0.05) is 24.2 Å². The summed E-state index contributed by atoms with van der Waals surface area (Å²) in [4.78, 5) is 4.31. The van der Waals surface area contributed by atoms with Crippen molar-refractivity contribution in [2.24, 2.45) is 0 Å². The quantitative estimate of drug-likeness (QED) is 0.778. The van der Waals surface area contributed by atoms with Crippen LogP contribution in [-0.4, -0.2) is 21.7 Å². The van der Waals surface area contributed by atoms with E-state index in [2.05, 4.69) is 27.4 Å². The largest absolute Gasteiger partial charge is 0.437 e. The molecule has 106 valence electrons. The fourth-order valence-electron chi connectivity index (χ4n) is 2.03. The van der Waals surface area contributed by atoms with Gasteiger partial charge in [0.2, 0.25) is 5.88 Å². The van der Waals surface area contributed by atoms with E-state index in [4.69, 9.17) is 4.74 Å². The molecule has 0 atom stereocenters. The molecule has 5 heteroatoms. The van der Waals surface area contributed by atoms with Gasteiger partial charge >= 0.3 is 0 Å². The van der Waals surface area contributed by atoms with E-state index < -0.39 is 0 Å². The predicted octanol–water partition coefficient (Wildman–Crippen LogP) is 2.93. The number of pyridine rings is 1. The van der Waals surface area contributed by atoms with E-state index in [0.717, 1.165) is 28.9 Å². The van der Waals surface area contributed by atoms with Crippen molar-refractivity contribution < 1.29 is 4.74 Å². The van der Waals surface area contributed by atoms with E-state index in [1.165, 1.54) is 0 Å². The molecule has 0 bridgehead atoms. The lowest BCUT2D eigenvalue weighted by Gasteiger charge is -2.07. The molecule has 0 unspecified atom stereocenters. The summed E-state index contributed by atoms with van der Waals surface area (Å²) in [7, 11) is 0. The molecule has 0 aliphatic carbocycles. The Bertz CT molecular complexity index is 722. The number of ether oxygens (including phenoxy) is 1. The molecule has 0 amide bonds. The van der Waals surface area contributed by atoms with Crippen LogP contribution < -0.4 is 10.1 Å². The first kappa shape index (κ1) is 13.5. The Morgan fingerprint density at radius 1 is 1.05 bits per heavy atom. The van der Waals surface area contributed by atoms with Gasteiger partial charge in [-0.15, -0.1) is 5.10 Å². The SMILES string of the molecule is CCNCc1ccc(Oc2cccc3ncccc23)nn1. The van der Waals surface area contributed by atoms with Gasteiger partial charge in [0.1, 0.15) is 5.75 Å². The van der Waals surface area contributed by atoms with Crippen molar-refractivity contribution in [3.63, 3.8) is 0 Å². The van der Waals surface area contributed by atoms with Crippen molar-refractivity contribution >= 4 is 10.9 Å². The highest BCUT2D eigenvalue weighted by atomic mass is 16.5. The molecule has 1 N–H and O–H groups in total. The molecule has 21 heavy (non-hydrogen) atoms. The average molecular weight is 280 g/mol. The highest BCUT2D eigenvalue weighted by Gasteiger charge is 2.05. The number of benzene rings is 1. The second kappa shape index (κ2) is 6.28. The topological polar surface area (TPSA) is 59.9 Å². The Kier molecular flexibility index (Phi) is 4.02. The fraction of sp³-hybridized carbons (Fsp3) is 0.188. The van der Waals surface area contributed by atoms with Crippen molar-refractivity contribution in [2.75, 3.05) is 6.54 Å². The van der Waals surface area contributed by atoms with Gasteiger partial charge < -0.3 is 10.1 Å². The number of nitrogens with one attached hydrogen (secondary N) is 1. The first-order chi connectivity index (χ1) is 10.4. The molecule has 2 aromatic heterocycles. The molecule has 0 radical (unpaired) electrons. The van der Waals surface area contributed by atoms with E-state index in [9.17, 15) is 0 Å². The minimum absolute atomic E-state index is 0.478. The van der Waals surface area contributed by atoms with Gasteiger partial charge in [-0.2, -0.15) is 5.10 Å². The number of hydrogen-bond acceptors (Lipinski definition) is 5. The Balaban J connectivity index is 1.82. The summed E-state index contributed by atoms with van der Waals surface area (Å²) in [6.45, 7) is 3.67. The number of fused-ring (bicyclic) bond motifs is 1. The lowest BCUT2D eigenvalue weighted by Crippen LogP contribution is -2.13. The maximum absolute atomic E-state index is 5.82. The number of rotatable bonds is 5. The summed E-state index contributed by atoms with van der Waals surface area (Å²) >= 11 is 0. The smallest absolute Gasteiger partial charge is 0.238 e. The zero-order valence-electron chi connectivity index (χ0n) is 11.8. The van der Waals surface area contributed by atoms with Crippen LogP contribution in [-0.2, 0) is 6.54 Å². The van der Waals surface area contributed by atoms with Crippen LogP contribution in [0, 0.1) is 0 Å². The van der Waals surface area contributed by atoms with E-state index in [0.29, 0.717) is 12.4 Å². The van der Waals surface area contributed by atoms with Gasteiger partial charge in [-0.3, -0.25) is 4.98 Å². The minimum Gasteiger partial charge on any atom is -0.437 e. The lowest BCUT2D eigenvalue weighted by atomic mass is 10.2. The molecule has 3 rings (SSSR count). The van der Waals surface area contributed by atoms with Crippen LogP contribution in [0.15, 0.2) is 48.7 Å². The number of nitrogens with zero attached hydrogens (tertiary/aromatic N) is 3. The summed E-state index contributed by atoms with van der Waals surface area (Å²) in [5.41, 5.74) is 1.79. The van der Waals surface area contributed by atoms with Crippen LogP contribution in [0.5, 0.6) is 11.6 Å². The van der Waals surface area contributed by atoms with Crippen LogP contribution in [0.2, 0.25) is 0 Å². The first-order valence-corrected chi connectivity index (χ1v) is 6.92. The second-order valence-corrected chi connectivity index (χ2v) is 4.57. The van der Waals surface area contributed by atoms with Crippen LogP contribution in [0.4, 0.5) is 0 Å². The molecular weight excluding hydrogens is 264 g/mol. The maximum Gasteiger partial charge on any atom is 0.238 e. The molecule has 0 aliphatic rings. The van der Waals surface area contributed by atoms with E-state index in [1.54, 1.807) is 6.20 Å². The standard InChI is InChI=1S/C16H16N4O/c1-2-17-11-12-8-9-16(20-19-12)21-15-7-3-6-14-13(15)5-4-10-18-14/h3-10,17H,2,11H2,1H3. The van der Waals surface area contributed by atoms with Gasteiger partial charge in [0.25, 0.3) is 0 Å². The average Bonchev–Trinajstić information content (AvgIpc) is 2.55. The molecule has 0 aliphatic heterocycles. The number of hydrogen-bond donors (Lipinski definition) is 1. The van der Waals surface area contributed by atoms with Gasteiger partial charge in [0.15, 0.2) is 0 Å². The minimum atomic E-state index is 0.478. The molecule has 0 fully saturated rings. The molecule has 0 saturated heterocycles. The van der Waals surface area contributed by atoms with Gasteiger partial charge in [-0.05, 0) is 36.9 Å². The fourth-order valence-corrected chi connectivity index (χ4v) is 2.03. The molecule has 0 saturated carbocycles. The highest BCUT2D eigenvalue weighted by molar-refractivity contribution is 5.85. The normalized spacial score (nSPS) is 10.7. The maximum atomic E-state index is 5.82. The van der Waals surface area contributed by atoms with Crippen LogP contribution >= 0.6 is 0 Å². The van der Waals surface area contributed by atoms with Crippen LogP contribution in [0.3, 0.4) is 0 Å². The molecule has 0 spiro atoms. The van der Waals surface area contributed by atoms with Crippen molar-refractivity contribution in [3.8, 4) is 11.6 Å². The van der Waals surface area contributed by atoms with E-state index in [-0.39, 0.29) is 0 Å². The molecule has 1 aromatic carbocycles. The highest BCUT2D eigenvalue weighted by Crippen LogP contribution is 2.27. The van der Waals surface area contributed by atoms with E-state index in [1.807, 2.05) is 42.5 Å². The van der Waals surface area contributed by atoms with Gasteiger partial charge in [-0.25, -0.2) is 0 Å². The summed E-state index contributed by atoms with van der Waals surface area (Å²) < 4.78 is 5.82. The molecular formula is C16H16N4O. The van der Waals surface area contributed by atoms with Crippen LogP contribution in [0.1, 0.15) is 12.6 Å².